The molecule has 0 radical (unpaired) electrons. The second-order valence-electron chi connectivity index (χ2n) is 5.00. The van der Waals surface area contributed by atoms with Crippen LogP contribution in [0.15, 0.2) is 77.3 Å². The summed E-state index contributed by atoms with van der Waals surface area (Å²) in [7, 11) is 0. The molecule has 2 aromatic carbocycles. The number of allylic oxidation sites excluding steroid dienone is 1. The Balaban J connectivity index is 0.000000774. The van der Waals surface area contributed by atoms with E-state index < -0.39 is 0 Å². The maximum atomic E-state index is 4.91. The molecule has 0 amide bonds. The van der Waals surface area contributed by atoms with Crippen molar-refractivity contribution in [3.8, 4) is 0 Å². The summed E-state index contributed by atoms with van der Waals surface area (Å²) in [6.07, 6.45) is 3.22. The number of aliphatic imine (C=N–C) groups is 1. The molecule has 0 spiro atoms. The van der Waals surface area contributed by atoms with Gasteiger partial charge in [0.15, 0.2) is 0 Å². The van der Waals surface area contributed by atoms with E-state index >= 15 is 0 Å². The van der Waals surface area contributed by atoms with Gasteiger partial charge in [-0.25, -0.2) is 0 Å². The minimum absolute atomic E-state index is 0.251. The lowest BCUT2D eigenvalue weighted by molar-refractivity contribution is 0.710. The summed E-state index contributed by atoms with van der Waals surface area (Å²) in [6, 6.07) is 21.2. The monoisotopic (exact) mass is 277 g/mol. The van der Waals surface area contributed by atoms with Gasteiger partial charge in [-0.05, 0) is 30.5 Å². The van der Waals surface area contributed by atoms with Crippen LogP contribution in [0.5, 0.6) is 0 Å². The fraction of sp³-hybridized carbons (Fsp3) is 0.250. The second kappa shape index (κ2) is 7.58. The molecule has 0 fully saturated rings. The Kier molecular flexibility index (Phi) is 5.51. The lowest BCUT2D eigenvalue weighted by Gasteiger charge is -2.20. The summed E-state index contributed by atoms with van der Waals surface area (Å²) >= 11 is 0. The van der Waals surface area contributed by atoms with E-state index in [2.05, 4.69) is 67.6 Å². The third-order valence-corrected chi connectivity index (χ3v) is 3.45. The Morgan fingerprint density at radius 3 is 2.05 bits per heavy atom. The van der Waals surface area contributed by atoms with Gasteiger partial charge in [0.25, 0.3) is 0 Å². The van der Waals surface area contributed by atoms with Gasteiger partial charge in [-0.2, -0.15) is 0 Å². The van der Waals surface area contributed by atoms with Crippen LogP contribution >= 0.6 is 0 Å². The zero-order valence-corrected chi connectivity index (χ0v) is 13.1. The molecule has 0 N–H and O–H groups in total. The first-order chi connectivity index (χ1) is 10.3. The average molecular weight is 277 g/mol. The van der Waals surface area contributed by atoms with Crippen molar-refractivity contribution < 1.29 is 0 Å². The van der Waals surface area contributed by atoms with Crippen molar-refractivity contribution in [2.75, 3.05) is 0 Å². The summed E-state index contributed by atoms with van der Waals surface area (Å²) in [5.41, 5.74) is 4.98. The highest BCUT2D eigenvalue weighted by Crippen LogP contribution is 2.29. The lowest BCUT2D eigenvalue weighted by atomic mass is 9.94. The van der Waals surface area contributed by atoms with E-state index in [4.69, 9.17) is 4.99 Å². The molecule has 1 unspecified atom stereocenters. The van der Waals surface area contributed by atoms with E-state index in [9.17, 15) is 0 Å². The molecule has 1 aliphatic rings. The fourth-order valence-corrected chi connectivity index (χ4v) is 2.48. The molecular weight excluding hydrogens is 254 g/mol. The zero-order chi connectivity index (χ0) is 15.1. The van der Waals surface area contributed by atoms with Gasteiger partial charge in [-0.1, -0.05) is 80.1 Å². The van der Waals surface area contributed by atoms with Crippen LogP contribution < -0.4 is 0 Å². The van der Waals surface area contributed by atoms with Crippen LogP contribution in [-0.2, 0) is 0 Å². The van der Waals surface area contributed by atoms with Crippen LogP contribution in [0.2, 0.25) is 0 Å². The summed E-state index contributed by atoms with van der Waals surface area (Å²) in [5.74, 6) is 0. The van der Waals surface area contributed by atoms with E-state index in [1.807, 2.05) is 19.9 Å². The van der Waals surface area contributed by atoms with Gasteiger partial charge in [0.2, 0.25) is 0 Å². The first-order valence-electron chi connectivity index (χ1n) is 7.68. The Bertz CT molecular complexity index is 609. The Morgan fingerprint density at radius 1 is 0.857 bits per heavy atom. The molecule has 1 atom stereocenters. The van der Waals surface area contributed by atoms with Gasteiger partial charge >= 0.3 is 0 Å². The summed E-state index contributed by atoms with van der Waals surface area (Å²) < 4.78 is 0. The summed E-state index contributed by atoms with van der Waals surface area (Å²) in [4.78, 5) is 4.91. The molecule has 21 heavy (non-hydrogen) atoms. The van der Waals surface area contributed by atoms with E-state index in [0.717, 1.165) is 12.1 Å². The fourth-order valence-electron chi connectivity index (χ4n) is 2.48. The van der Waals surface area contributed by atoms with Gasteiger partial charge < -0.3 is 0 Å². The van der Waals surface area contributed by atoms with Crippen LogP contribution in [0.1, 0.15) is 44.4 Å². The van der Waals surface area contributed by atoms with Crippen LogP contribution in [0.25, 0.3) is 0 Å². The highest BCUT2D eigenvalue weighted by Gasteiger charge is 2.16. The zero-order valence-electron chi connectivity index (χ0n) is 13.1. The first-order valence-corrected chi connectivity index (χ1v) is 7.68. The Hall–Kier alpha value is -2.15. The Morgan fingerprint density at radius 2 is 1.43 bits per heavy atom. The minimum atomic E-state index is 0.251. The molecule has 3 rings (SSSR count). The maximum Gasteiger partial charge on any atom is 0.0793 e. The quantitative estimate of drug-likeness (QED) is 0.678. The summed E-state index contributed by atoms with van der Waals surface area (Å²) in [5, 5.41) is 0. The van der Waals surface area contributed by atoms with Crippen molar-refractivity contribution in [3.63, 3.8) is 0 Å². The van der Waals surface area contributed by atoms with Crippen molar-refractivity contribution in [2.24, 2.45) is 4.99 Å². The van der Waals surface area contributed by atoms with Crippen LogP contribution in [0.4, 0.5) is 0 Å². The molecule has 1 aliphatic heterocycles. The molecule has 108 valence electrons. The standard InChI is InChI=1S/C18H17N.C2H6/c1-14-12-17(15-8-4-2-5-9-15)19-18(13-14)16-10-6-3-7-11-16;1-2/h2-12,18H,13H2,1H3;1-2H3. The molecule has 0 saturated carbocycles. The number of hydrogen-bond donors (Lipinski definition) is 0. The van der Waals surface area contributed by atoms with Gasteiger partial charge in [-0.3, -0.25) is 4.99 Å². The molecule has 0 bridgehead atoms. The SMILES string of the molecule is CC.CC1=CC(c2ccccc2)=NC(c2ccccc2)C1. The number of nitrogens with zero attached hydrogens (tertiary/aromatic N) is 1. The van der Waals surface area contributed by atoms with E-state index in [0.29, 0.717) is 0 Å². The topological polar surface area (TPSA) is 12.4 Å². The third kappa shape index (κ3) is 3.91. The number of benzene rings is 2. The largest absolute Gasteiger partial charge is 0.276 e. The normalized spacial score (nSPS) is 17.2. The molecule has 1 nitrogen and oxygen atoms in total. The highest BCUT2D eigenvalue weighted by atomic mass is 14.8. The van der Waals surface area contributed by atoms with Gasteiger partial charge in [0.1, 0.15) is 0 Å². The second-order valence-corrected chi connectivity index (χ2v) is 5.00. The smallest absolute Gasteiger partial charge is 0.0793 e. The highest BCUT2D eigenvalue weighted by molar-refractivity contribution is 6.09. The summed E-state index contributed by atoms with van der Waals surface area (Å²) in [6.45, 7) is 6.19. The maximum absolute atomic E-state index is 4.91. The van der Waals surface area contributed by atoms with Gasteiger partial charge in [-0.15, -0.1) is 0 Å². The Labute approximate surface area is 128 Å². The van der Waals surface area contributed by atoms with Crippen molar-refractivity contribution in [2.45, 2.75) is 33.2 Å². The minimum Gasteiger partial charge on any atom is -0.276 e. The molecular formula is C20H23N. The number of hydrogen-bond acceptors (Lipinski definition) is 1. The van der Waals surface area contributed by atoms with Gasteiger partial charge in [0, 0.05) is 0 Å². The third-order valence-electron chi connectivity index (χ3n) is 3.45. The van der Waals surface area contributed by atoms with E-state index in [1.54, 1.807) is 0 Å². The van der Waals surface area contributed by atoms with Crippen molar-refractivity contribution in [3.05, 3.63) is 83.4 Å². The first kappa shape index (κ1) is 15.2. The molecule has 0 aliphatic carbocycles. The number of dihydropyridines is 1. The van der Waals surface area contributed by atoms with Crippen LogP contribution in [0.3, 0.4) is 0 Å². The molecule has 0 saturated heterocycles. The average Bonchev–Trinajstić information content (AvgIpc) is 2.58. The van der Waals surface area contributed by atoms with Crippen molar-refractivity contribution in [1.82, 2.24) is 0 Å². The predicted molar refractivity (Wildman–Crippen MR) is 91.9 cm³/mol. The predicted octanol–water partition coefficient (Wildman–Crippen LogP) is 5.59. The van der Waals surface area contributed by atoms with Crippen molar-refractivity contribution in [1.29, 1.82) is 0 Å². The van der Waals surface area contributed by atoms with Gasteiger partial charge in [0.05, 0.1) is 11.8 Å². The molecule has 1 heterocycles. The van der Waals surface area contributed by atoms with Crippen molar-refractivity contribution >= 4 is 5.71 Å². The number of rotatable bonds is 2. The van der Waals surface area contributed by atoms with E-state index in [1.165, 1.54) is 16.7 Å². The van der Waals surface area contributed by atoms with E-state index in [-0.39, 0.29) is 6.04 Å². The molecule has 1 heteroatoms. The van der Waals surface area contributed by atoms with Crippen LogP contribution in [0, 0.1) is 0 Å². The van der Waals surface area contributed by atoms with Crippen LogP contribution in [-0.4, -0.2) is 5.71 Å². The molecule has 0 aromatic heterocycles. The molecule has 2 aromatic rings. The lowest BCUT2D eigenvalue weighted by Crippen LogP contribution is -2.09.